The van der Waals surface area contributed by atoms with Crippen molar-refractivity contribution in [2.24, 2.45) is 5.14 Å². The average molecular weight is 177 g/mol. The van der Waals surface area contributed by atoms with Crippen molar-refractivity contribution in [2.45, 2.75) is 18.5 Å². The molecule has 0 radical (unpaired) electrons. The van der Waals surface area contributed by atoms with Gasteiger partial charge in [-0.05, 0) is 6.92 Å². The summed E-state index contributed by atoms with van der Waals surface area (Å²) < 4.78 is 24.7. The van der Waals surface area contributed by atoms with Gasteiger partial charge in [0, 0.05) is 6.54 Å². The molecule has 0 aliphatic rings. The highest BCUT2D eigenvalue weighted by atomic mass is 32.2. The van der Waals surface area contributed by atoms with Crippen molar-refractivity contribution in [1.29, 1.82) is 0 Å². The van der Waals surface area contributed by atoms with Gasteiger partial charge in [-0.3, -0.25) is 4.68 Å². The van der Waals surface area contributed by atoms with Crippen LogP contribution in [-0.2, 0) is 17.5 Å². The summed E-state index contributed by atoms with van der Waals surface area (Å²) >= 11 is 0. The molecule has 1 unspecified atom stereocenters. The van der Waals surface area contributed by atoms with Crippen LogP contribution in [0.15, 0.2) is 11.2 Å². The predicted octanol–water partition coefficient (Wildman–Crippen LogP) is 0.0234. The van der Waals surface area contributed by atoms with E-state index < -0.39 is 16.8 Å². The molecule has 0 bridgehead atoms. The monoisotopic (exact) mass is 177 g/mol. The molecular weight excluding hydrogens is 169 g/mol. The van der Waals surface area contributed by atoms with Gasteiger partial charge in [-0.2, -0.15) is 5.10 Å². The van der Waals surface area contributed by atoms with E-state index in [-0.39, 0.29) is 5.03 Å². The van der Waals surface area contributed by atoms with Gasteiger partial charge in [0.25, 0.3) is 0 Å². The number of hydrogen-bond donors (Lipinski definition) is 1. The van der Waals surface area contributed by atoms with Crippen LogP contribution in [0.5, 0.6) is 0 Å². The molecule has 0 aliphatic carbocycles. The molecule has 2 N–H and O–H groups in total. The van der Waals surface area contributed by atoms with E-state index in [0.717, 1.165) is 6.20 Å². The summed E-state index contributed by atoms with van der Waals surface area (Å²) in [5.74, 6) is -0.618. The van der Waals surface area contributed by atoms with E-state index in [1.54, 1.807) is 6.92 Å². The highest BCUT2D eigenvalue weighted by Gasteiger charge is 2.12. The normalized spacial score (nSPS) is 13.4. The Kier molecular flexibility index (Phi) is 2.35. The van der Waals surface area contributed by atoms with E-state index in [1.165, 1.54) is 4.68 Å². The summed E-state index contributed by atoms with van der Waals surface area (Å²) in [5.41, 5.74) is 0. The minimum absolute atomic E-state index is 0.0486. The van der Waals surface area contributed by atoms with E-state index in [2.05, 4.69) is 5.10 Å². The minimum Gasteiger partial charge on any atom is -0.253 e. The second kappa shape index (κ2) is 3.10. The van der Waals surface area contributed by atoms with Gasteiger partial charge in [-0.25, -0.2) is 13.7 Å². The number of nitrogens with two attached hydrogens (primary N) is 1. The lowest BCUT2D eigenvalue weighted by atomic mass is 10.7. The summed E-state index contributed by atoms with van der Waals surface area (Å²) in [4.78, 5) is 0. The molecule has 0 aromatic carbocycles. The maximum absolute atomic E-state index is 12.7. The zero-order chi connectivity index (χ0) is 8.43. The van der Waals surface area contributed by atoms with Gasteiger partial charge in [-0.15, -0.1) is 0 Å². The molecule has 1 atom stereocenters. The summed E-state index contributed by atoms with van der Waals surface area (Å²) in [5, 5.41) is 8.58. The van der Waals surface area contributed by atoms with Crippen LogP contribution in [0.1, 0.15) is 6.92 Å². The number of nitrogens with zero attached hydrogens (tertiary/aromatic N) is 2. The molecule has 1 aromatic rings. The Hall–Kier alpha value is -0.750. The highest BCUT2D eigenvalue weighted by Crippen LogP contribution is 2.08. The van der Waals surface area contributed by atoms with Crippen LogP contribution in [-0.4, -0.2) is 14.0 Å². The van der Waals surface area contributed by atoms with Crippen LogP contribution in [0.2, 0.25) is 0 Å². The van der Waals surface area contributed by atoms with Crippen molar-refractivity contribution >= 4 is 11.0 Å². The zero-order valence-electron chi connectivity index (χ0n) is 5.95. The van der Waals surface area contributed by atoms with Crippen LogP contribution in [0, 0.1) is 5.82 Å². The van der Waals surface area contributed by atoms with Crippen LogP contribution in [0.3, 0.4) is 0 Å². The van der Waals surface area contributed by atoms with Crippen molar-refractivity contribution in [1.82, 2.24) is 9.78 Å². The largest absolute Gasteiger partial charge is 0.253 e. The lowest BCUT2D eigenvalue weighted by Gasteiger charge is -1.98. The fraction of sp³-hybridized carbons (Fsp3) is 0.400. The summed E-state index contributed by atoms with van der Waals surface area (Å²) in [6.45, 7) is 2.23. The maximum Gasteiger partial charge on any atom is 0.178 e. The Morgan fingerprint density at radius 1 is 1.91 bits per heavy atom. The van der Waals surface area contributed by atoms with Crippen LogP contribution in [0.4, 0.5) is 4.39 Å². The Morgan fingerprint density at radius 3 is 2.91 bits per heavy atom. The third-order valence-corrected chi connectivity index (χ3v) is 2.03. The molecule has 11 heavy (non-hydrogen) atoms. The molecule has 0 aliphatic heterocycles. The van der Waals surface area contributed by atoms with E-state index >= 15 is 0 Å². The van der Waals surface area contributed by atoms with E-state index in [0.29, 0.717) is 6.54 Å². The van der Waals surface area contributed by atoms with Crippen molar-refractivity contribution in [3.8, 4) is 0 Å². The molecule has 0 saturated carbocycles. The summed E-state index contributed by atoms with van der Waals surface area (Å²) in [6, 6.07) is 0. The van der Waals surface area contributed by atoms with Crippen LogP contribution < -0.4 is 5.14 Å². The standard InChI is InChI=1S/C5H8FN3OS/c1-2-9-5(11(7)10)4(6)3-8-9/h3H,2,7H2,1H3. The van der Waals surface area contributed by atoms with Crippen molar-refractivity contribution in [3.63, 3.8) is 0 Å². The molecule has 6 heteroatoms. The predicted molar refractivity (Wildman–Crippen MR) is 38.5 cm³/mol. The molecule has 0 amide bonds. The molecule has 1 rings (SSSR count). The third-order valence-electron chi connectivity index (χ3n) is 1.24. The smallest absolute Gasteiger partial charge is 0.178 e. The topological polar surface area (TPSA) is 60.9 Å². The van der Waals surface area contributed by atoms with Crippen LogP contribution in [0.25, 0.3) is 0 Å². The Labute approximate surface area is 65.8 Å². The first-order valence-corrected chi connectivity index (χ1v) is 4.25. The quantitative estimate of drug-likeness (QED) is 0.692. The lowest BCUT2D eigenvalue weighted by Crippen LogP contribution is -2.11. The van der Waals surface area contributed by atoms with Gasteiger partial charge in [0.15, 0.2) is 10.8 Å². The Morgan fingerprint density at radius 2 is 2.55 bits per heavy atom. The lowest BCUT2D eigenvalue weighted by molar-refractivity contribution is 0.542. The van der Waals surface area contributed by atoms with Gasteiger partial charge in [0.05, 0.1) is 6.20 Å². The zero-order valence-corrected chi connectivity index (χ0v) is 6.77. The van der Waals surface area contributed by atoms with E-state index in [4.69, 9.17) is 5.14 Å². The minimum atomic E-state index is -1.80. The first kappa shape index (κ1) is 8.35. The molecular formula is C5H8FN3OS. The van der Waals surface area contributed by atoms with Crippen LogP contribution >= 0.6 is 0 Å². The van der Waals surface area contributed by atoms with Gasteiger partial charge in [-0.1, -0.05) is 0 Å². The molecule has 1 heterocycles. The van der Waals surface area contributed by atoms with Crippen molar-refractivity contribution < 1.29 is 8.60 Å². The van der Waals surface area contributed by atoms with Gasteiger partial charge in [0.1, 0.15) is 11.0 Å². The molecule has 1 aromatic heterocycles. The maximum atomic E-state index is 12.7. The van der Waals surface area contributed by atoms with Gasteiger partial charge < -0.3 is 0 Å². The molecule has 0 fully saturated rings. The Bertz CT molecular complexity index is 285. The molecule has 0 saturated heterocycles. The van der Waals surface area contributed by atoms with Crippen molar-refractivity contribution in [2.75, 3.05) is 0 Å². The van der Waals surface area contributed by atoms with Gasteiger partial charge in [0.2, 0.25) is 0 Å². The fourth-order valence-corrected chi connectivity index (χ4v) is 1.41. The first-order chi connectivity index (χ1) is 5.16. The highest BCUT2D eigenvalue weighted by molar-refractivity contribution is 7.82. The number of rotatable bonds is 2. The van der Waals surface area contributed by atoms with E-state index in [9.17, 15) is 8.60 Å². The van der Waals surface area contributed by atoms with Crippen molar-refractivity contribution in [3.05, 3.63) is 12.0 Å². The first-order valence-electron chi connectivity index (χ1n) is 3.04. The van der Waals surface area contributed by atoms with E-state index in [1.807, 2.05) is 0 Å². The number of aromatic nitrogens is 2. The summed E-state index contributed by atoms with van der Waals surface area (Å²) in [6.07, 6.45) is 1.00. The third kappa shape index (κ3) is 1.46. The number of halogens is 1. The Balaban J connectivity index is 3.17. The second-order valence-corrected chi connectivity index (χ2v) is 2.89. The molecule has 0 spiro atoms. The average Bonchev–Trinajstić information content (AvgIpc) is 2.30. The number of aryl methyl sites for hydroxylation is 1. The summed E-state index contributed by atoms with van der Waals surface area (Å²) in [7, 11) is -1.80. The molecule has 4 nitrogen and oxygen atoms in total. The molecule has 62 valence electrons. The fourth-order valence-electron chi connectivity index (χ4n) is 0.777. The van der Waals surface area contributed by atoms with Gasteiger partial charge >= 0.3 is 0 Å². The number of hydrogen-bond acceptors (Lipinski definition) is 2. The second-order valence-electron chi connectivity index (χ2n) is 1.91. The SMILES string of the molecule is CCn1ncc(F)c1S(N)=O.